The standard InChI is InChI=1S/C14H20N2O4/c1-3-10(2)15-6-8-16(9-7-15)13(17)11-4-5-12(20-11)14(18)19/h4-5,10H,3,6-9H2,1-2H3,(H,18,19). The Labute approximate surface area is 118 Å². The molecule has 0 aliphatic carbocycles. The third-order valence-corrected chi connectivity index (χ3v) is 3.84. The van der Waals surface area contributed by atoms with Crippen LogP contribution in [0.4, 0.5) is 0 Å². The van der Waals surface area contributed by atoms with E-state index in [1.807, 2.05) is 0 Å². The monoisotopic (exact) mass is 280 g/mol. The van der Waals surface area contributed by atoms with Gasteiger partial charge in [-0.3, -0.25) is 9.69 Å². The largest absolute Gasteiger partial charge is 0.475 e. The zero-order valence-corrected chi connectivity index (χ0v) is 11.8. The lowest BCUT2D eigenvalue weighted by atomic mass is 10.2. The summed E-state index contributed by atoms with van der Waals surface area (Å²) in [6.45, 7) is 7.31. The van der Waals surface area contributed by atoms with Crippen molar-refractivity contribution in [3.63, 3.8) is 0 Å². The fourth-order valence-corrected chi connectivity index (χ4v) is 2.35. The van der Waals surface area contributed by atoms with Crippen molar-refractivity contribution >= 4 is 11.9 Å². The summed E-state index contributed by atoms with van der Waals surface area (Å²) in [7, 11) is 0. The van der Waals surface area contributed by atoms with E-state index in [0.717, 1.165) is 19.5 Å². The average molecular weight is 280 g/mol. The number of piperazine rings is 1. The molecule has 0 bridgehead atoms. The second-order valence-corrected chi connectivity index (χ2v) is 5.05. The summed E-state index contributed by atoms with van der Waals surface area (Å²) >= 11 is 0. The van der Waals surface area contributed by atoms with Crippen LogP contribution in [0.1, 0.15) is 41.4 Å². The van der Waals surface area contributed by atoms with E-state index in [2.05, 4.69) is 18.7 Å². The van der Waals surface area contributed by atoms with Gasteiger partial charge in [0.2, 0.25) is 5.76 Å². The molecule has 2 heterocycles. The van der Waals surface area contributed by atoms with Gasteiger partial charge in [-0.25, -0.2) is 4.79 Å². The first-order valence-corrected chi connectivity index (χ1v) is 6.89. The highest BCUT2D eigenvalue weighted by Crippen LogP contribution is 2.14. The molecule has 1 amide bonds. The number of nitrogens with zero attached hydrogens (tertiary/aromatic N) is 2. The molecule has 1 aliphatic rings. The number of furan rings is 1. The van der Waals surface area contributed by atoms with E-state index in [1.165, 1.54) is 12.1 Å². The van der Waals surface area contributed by atoms with Crippen LogP contribution >= 0.6 is 0 Å². The molecule has 1 N–H and O–H groups in total. The Balaban J connectivity index is 1.96. The molecular weight excluding hydrogens is 260 g/mol. The number of amides is 1. The van der Waals surface area contributed by atoms with Gasteiger partial charge in [0.15, 0.2) is 5.76 Å². The SMILES string of the molecule is CCC(C)N1CCN(C(=O)c2ccc(C(=O)O)o2)CC1. The quantitative estimate of drug-likeness (QED) is 0.905. The molecule has 0 radical (unpaired) electrons. The molecule has 0 saturated carbocycles. The number of hydrogen-bond donors (Lipinski definition) is 1. The van der Waals surface area contributed by atoms with Gasteiger partial charge in [0.25, 0.3) is 5.91 Å². The van der Waals surface area contributed by atoms with Gasteiger partial charge in [-0.15, -0.1) is 0 Å². The van der Waals surface area contributed by atoms with Gasteiger partial charge < -0.3 is 14.4 Å². The number of carboxylic acids is 1. The van der Waals surface area contributed by atoms with Crippen molar-refractivity contribution in [2.75, 3.05) is 26.2 Å². The normalized spacial score (nSPS) is 18.0. The Bertz CT molecular complexity index is 489. The lowest BCUT2D eigenvalue weighted by Crippen LogP contribution is -2.51. The maximum absolute atomic E-state index is 12.2. The first-order valence-electron chi connectivity index (χ1n) is 6.89. The van der Waals surface area contributed by atoms with Gasteiger partial charge in [0, 0.05) is 32.2 Å². The molecule has 110 valence electrons. The van der Waals surface area contributed by atoms with Gasteiger partial charge in [-0.2, -0.15) is 0 Å². The Morgan fingerprint density at radius 2 is 1.85 bits per heavy atom. The molecule has 6 heteroatoms. The van der Waals surface area contributed by atoms with Crippen LogP contribution < -0.4 is 0 Å². The molecule has 0 spiro atoms. The molecule has 0 aromatic carbocycles. The molecule has 1 fully saturated rings. The fraction of sp³-hybridized carbons (Fsp3) is 0.571. The number of aromatic carboxylic acids is 1. The summed E-state index contributed by atoms with van der Waals surface area (Å²) in [5.74, 6) is -1.50. The Morgan fingerprint density at radius 3 is 2.35 bits per heavy atom. The van der Waals surface area contributed by atoms with Crippen molar-refractivity contribution in [3.05, 3.63) is 23.7 Å². The zero-order valence-electron chi connectivity index (χ0n) is 11.8. The van der Waals surface area contributed by atoms with E-state index < -0.39 is 5.97 Å². The highest BCUT2D eigenvalue weighted by atomic mass is 16.4. The maximum Gasteiger partial charge on any atom is 0.371 e. The van der Waals surface area contributed by atoms with Gasteiger partial charge in [0.05, 0.1) is 0 Å². The van der Waals surface area contributed by atoms with Crippen molar-refractivity contribution in [2.45, 2.75) is 26.3 Å². The first kappa shape index (κ1) is 14.6. The third kappa shape index (κ3) is 3.01. The molecule has 1 aromatic heterocycles. The molecule has 1 aromatic rings. The van der Waals surface area contributed by atoms with Crippen LogP contribution in [0.2, 0.25) is 0 Å². The fourth-order valence-electron chi connectivity index (χ4n) is 2.35. The molecular formula is C14H20N2O4. The predicted octanol–water partition coefficient (Wildman–Crippen LogP) is 1.53. The van der Waals surface area contributed by atoms with Gasteiger partial charge in [-0.05, 0) is 25.5 Å². The summed E-state index contributed by atoms with van der Waals surface area (Å²) in [5.41, 5.74) is 0. The topological polar surface area (TPSA) is 74.0 Å². The van der Waals surface area contributed by atoms with Crippen LogP contribution in [0, 0.1) is 0 Å². The maximum atomic E-state index is 12.2. The molecule has 1 atom stereocenters. The minimum absolute atomic E-state index is 0.0967. The molecule has 1 aliphatic heterocycles. The van der Waals surface area contributed by atoms with Crippen LogP contribution in [0.25, 0.3) is 0 Å². The highest BCUT2D eigenvalue weighted by Gasteiger charge is 2.26. The summed E-state index contributed by atoms with van der Waals surface area (Å²) in [6.07, 6.45) is 1.09. The van der Waals surface area contributed by atoms with Crippen LogP contribution in [0.5, 0.6) is 0 Å². The van der Waals surface area contributed by atoms with Gasteiger partial charge in [0.1, 0.15) is 0 Å². The molecule has 6 nitrogen and oxygen atoms in total. The number of carbonyl (C=O) groups excluding carboxylic acids is 1. The Morgan fingerprint density at radius 1 is 1.25 bits per heavy atom. The van der Waals surface area contributed by atoms with E-state index in [-0.39, 0.29) is 17.4 Å². The number of carboxylic acid groups (broad SMARTS) is 1. The van der Waals surface area contributed by atoms with Crippen LogP contribution in [-0.2, 0) is 0 Å². The average Bonchev–Trinajstić information content (AvgIpc) is 2.96. The zero-order chi connectivity index (χ0) is 14.7. The highest BCUT2D eigenvalue weighted by molar-refractivity contribution is 5.93. The summed E-state index contributed by atoms with van der Waals surface area (Å²) in [5, 5.41) is 8.79. The summed E-state index contributed by atoms with van der Waals surface area (Å²) in [6, 6.07) is 3.26. The summed E-state index contributed by atoms with van der Waals surface area (Å²) < 4.78 is 5.05. The molecule has 1 unspecified atom stereocenters. The third-order valence-electron chi connectivity index (χ3n) is 3.84. The lowest BCUT2D eigenvalue weighted by Gasteiger charge is -2.37. The van der Waals surface area contributed by atoms with Crippen molar-refractivity contribution in [3.8, 4) is 0 Å². The van der Waals surface area contributed by atoms with Crippen molar-refractivity contribution < 1.29 is 19.1 Å². The van der Waals surface area contributed by atoms with E-state index in [4.69, 9.17) is 9.52 Å². The van der Waals surface area contributed by atoms with Crippen LogP contribution in [0.3, 0.4) is 0 Å². The van der Waals surface area contributed by atoms with E-state index in [0.29, 0.717) is 19.1 Å². The molecule has 2 rings (SSSR count). The van der Waals surface area contributed by atoms with Crippen LogP contribution in [0.15, 0.2) is 16.5 Å². The second-order valence-electron chi connectivity index (χ2n) is 5.05. The van der Waals surface area contributed by atoms with Crippen molar-refractivity contribution in [2.24, 2.45) is 0 Å². The van der Waals surface area contributed by atoms with E-state index in [9.17, 15) is 9.59 Å². The smallest absolute Gasteiger partial charge is 0.371 e. The van der Waals surface area contributed by atoms with Crippen molar-refractivity contribution in [1.29, 1.82) is 0 Å². The molecule has 20 heavy (non-hydrogen) atoms. The minimum atomic E-state index is -1.16. The Hall–Kier alpha value is -1.82. The number of hydrogen-bond acceptors (Lipinski definition) is 4. The van der Waals surface area contributed by atoms with Gasteiger partial charge >= 0.3 is 5.97 Å². The minimum Gasteiger partial charge on any atom is -0.475 e. The lowest BCUT2D eigenvalue weighted by molar-refractivity contribution is 0.0543. The predicted molar refractivity (Wildman–Crippen MR) is 72.9 cm³/mol. The number of carbonyl (C=O) groups is 2. The molecule has 1 saturated heterocycles. The first-order chi connectivity index (χ1) is 9.52. The second kappa shape index (κ2) is 6.09. The van der Waals surface area contributed by atoms with Crippen LogP contribution in [-0.4, -0.2) is 59.0 Å². The summed E-state index contributed by atoms with van der Waals surface area (Å²) in [4.78, 5) is 27.0. The van der Waals surface area contributed by atoms with Crippen molar-refractivity contribution in [1.82, 2.24) is 9.80 Å². The van der Waals surface area contributed by atoms with E-state index >= 15 is 0 Å². The Kier molecular flexibility index (Phi) is 4.44. The van der Waals surface area contributed by atoms with Gasteiger partial charge in [-0.1, -0.05) is 6.92 Å². The number of rotatable bonds is 4. The van der Waals surface area contributed by atoms with E-state index in [1.54, 1.807) is 4.90 Å².